The number of carbonyl (C=O) groups is 1. The Morgan fingerprint density at radius 1 is 1.00 bits per heavy atom. The lowest BCUT2D eigenvalue weighted by Crippen LogP contribution is -2.40. The minimum Gasteiger partial charge on any atom is -0.481 e. The summed E-state index contributed by atoms with van der Waals surface area (Å²) in [4.78, 5) is 13.5. The van der Waals surface area contributed by atoms with Crippen molar-refractivity contribution in [1.82, 2.24) is 4.90 Å². The highest BCUT2D eigenvalue weighted by atomic mass is 16.4. The van der Waals surface area contributed by atoms with Crippen LogP contribution < -0.4 is 0 Å². The fourth-order valence-corrected chi connectivity index (χ4v) is 3.24. The normalized spacial score (nSPS) is 18.1. The van der Waals surface area contributed by atoms with E-state index in [2.05, 4.69) is 11.8 Å². The number of likely N-dealkylation sites (tertiary alicyclic amines) is 1. The van der Waals surface area contributed by atoms with E-state index in [1.165, 1.54) is 64.2 Å². The molecule has 1 saturated heterocycles. The third kappa shape index (κ3) is 7.88. The molecule has 3 nitrogen and oxygen atoms in total. The van der Waals surface area contributed by atoms with Crippen molar-refractivity contribution >= 4 is 5.97 Å². The zero-order chi connectivity index (χ0) is 14.6. The van der Waals surface area contributed by atoms with Gasteiger partial charge in [0.05, 0.1) is 6.42 Å². The highest BCUT2D eigenvalue weighted by molar-refractivity contribution is 5.67. The third-order valence-electron chi connectivity index (χ3n) is 4.46. The van der Waals surface area contributed by atoms with E-state index in [4.69, 9.17) is 5.11 Å². The van der Waals surface area contributed by atoms with Gasteiger partial charge in [0.2, 0.25) is 0 Å². The Kier molecular flexibility index (Phi) is 9.73. The summed E-state index contributed by atoms with van der Waals surface area (Å²) in [6.45, 7) is 4.46. The van der Waals surface area contributed by atoms with Gasteiger partial charge in [-0.25, -0.2) is 0 Å². The molecule has 0 spiro atoms. The number of hydrogen-bond donors (Lipinski definition) is 1. The molecule has 0 aromatic carbocycles. The van der Waals surface area contributed by atoms with Crippen LogP contribution in [0.4, 0.5) is 0 Å². The van der Waals surface area contributed by atoms with Gasteiger partial charge in [0.25, 0.3) is 0 Å². The molecule has 0 amide bonds. The molecule has 1 aliphatic rings. The van der Waals surface area contributed by atoms with Crippen molar-refractivity contribution in [1.29, 1.82) is 0 Å². The molecule has 1 heterocycles. The summed E-state index contributed by atoms with van der Waals surface area (Å²) in [6, 6.07) is 0.281. The number of piperidine rings is 1. The number of carboxylic acid groups (broad SMARTS) is 1. The van der Waals surface area contributed by atoms with E-state index in [0.29, 0.717) is 6.42 Å². The molecule has 1 fully saturated rings. The van der Waals surface area contributed by atoms with Crippen LogP contribution in [0.1, 0.15) is 84.0 Å². The topological polar surface area (TPSA) is 40.5 Å². The lowest BCUT2D eigenvalue weighted by molar-refractivity contribution is -0.138. The first-order valence-electron chi connectivity index (χ1n) is 8.70. The predicted octanol–water partition coefficient (Wildman–Crippen LogP) is 4.46. The van der Waals surface area contributed by atoms with Gasteiger partial charge in [0.15, 0.2) is 0 Å². The average molecular weight is 283 g/mol. The standard InChI is InChI=1S/C17H33NO2/c1-2-3-4-5-6-7-9-12-16(15-17(19)20)18-13-10-8-11-14-18/h16H,2-15H2,1H3,(H,19,20). The summed E-state index contributed by atoms with van der Waals surface area (Å²) in [5.74, 6) is -0.636. The molecule has 1 N–H and O–H groups in total. The number of hydrogen-bond acceptors (Lipinski definition) is 2. The van der Waals surface area contributed by atoms with E-state index in [-0.39, 0.29) is 6.04 Å². The van der Waals surface area contributed by atoms with Gasteiger partial charge < -0.3 is 5.11 Å². The van der Waals surface area contributed by atoms with Crippen LogP contribution in [0.2, 0.25) is 0 Å². The molecule has 0 aromatic rings. The zero-order valence-electron chi connectivity index (χ0n) is 13.3. The van der Waals surface area contributed by atoms with E-state index < -0.39 is 5.97 Å². The van der Waals surface area contributed by atoms with Crippen LogP contribution >= 0.6 is 0 Å². The highest BCUT2D eigenvalue weighted by Gasteiger charge is 2.22. The minimum atomic E-state index is -0.636. The minimum absolute atomic E-state index is 0.281. The Morgan fingerprint density at radius 3 is 2.20 bits per heavy atom. The molecule has 0 aliphatic carbocycles. The predicted molar refractivity (Wildman–Crippen MR) is 84.1 cm³/mol. The second kappa shape index (κ2) is 11.1. The van der Waals surface area contributed by atoms with Crippen LogP contribution in [0, 0.1) is 0 Å². The van der Waals surface area contributed by atoms with Gasteiger partial charge in [-0.05, 0) is 32.4 Å². The van der Waals surface area contributed by atoms with E-state index in [9.17, 15) is 4.79 Å². The van der Waals surface area contributed by atoms with Crippen LogP contribution in [0.15, 0.2) is 0 Å². The van der Waals surface area contributed by atoms with E-state index in [1.807, 2.05) is 0 Å². The van der Waals surface area contributed by atoms with Crippen molar-refractivity contribution in [2.24, 2.45) is 0 Å². The first-order valence-corrected chi connectivity index (χ1v) is 8.70. The fourth-order valence-electron chi connectivity index (χ4n) is 3.24. The van der Waals surface area contributed by atoms with Crippen molar-refractivity contribution in [3.63, 3.8) is 0 Å². The van der Waals surface area contributed by atoms with E-state index in [0.717, 1.165) is 19.5 Å². The van der Waals surface area contributed by atoms with Crippen molar-refractivity contribution in [3.8, 4) is 0 Å². The number of aliphatic carboxylic acids is 1. The van der Waals surface area contributed by atoms with E-state index in [1.54, 1.807) is 0 Å². The number of carboxylic acids is 1. The number of nitrogens with zero attached hydrogens (tertiary/aromatic N) is 1. The molecule has 3 heteroatoms. The molecule has 1 unspecified atom stereocenters. The molecule has 1 rings (SSSR count). The Balaban J connectivity index is 2.17. The van der Waals surface area contributed by atoms with Gasteiger partial charge in [-0.3, -0.25) is 9.69 Å². The lowest BCUT2D eigenvalue weighted by atomic mass is 9.99. The second-order valence-corrected chi connectivity index (χ2v) is 6.26. The maximum atomic E-state index is 11.0. The Morgan fingerprint density at radius 2 is 1.60 bits per heavy atom. The molecule has 118 valence electrons. The summed E-state index contributed by atoms with van der Waals surface area (Å²) in [5, 5.41) is 9.09. The van der Waals surface area contributed by atoms with Gasteiger partial charge in [0, 0.05) is 6.04 Å². The van der Waals surface area contributed by atoms with Crippen LogP contribution in [-0.4, -0.2) is 35.1 Å². The highest BCUT2D eigenvalue weighted by Crippen LogP contribution is 2.19. The SMILES string of the molecule is CCCCCCCCCC(CC(=O)O)N1CCCCC1. The number of unbranched alkanes of at least 4 members (excludes halogenated alkanes) is 6. The molecule has 0 aromatic heterocycles. The first kappa shape index (κ1) is 17.5. The zero-order valence-corrected chi connectivity index (χ0v) is 13.3. The first-order chi connectivity index (χ1) is 9.74. The molecule has 0 bridgehead atoms. The molecule has 20 heavy (non-hydrogen) atoms. The molecular formula is C17H33NO2. The third-order valence-corrected chi connectivity index (χ3v) is 4.46. The molecule has 1 aliphatic heterocycles. The summed E-state index contributed by atoms with van der Waals surface area (Å²) >= 11 is 0. The largest absolute Gasteiger partial charge is 0.481 e. The molecule has 1 atom stereocenters. The van der Waals surface area contributed by atoms with Crippen LogP contribution in [0.3, 0.4) is 0 Å². The van der Waals surface area contributed by atoms with Crippen LogP contribution in [0.5, 0.6) is 0 Å². The number of rotatable bonds is 11. The Labute approximate surface area is 124 Å². The molecular weight excluding hydrogens is 250 g/mol. The average Bonchev–Trinajstić information content (AvgIpc) is 2.45. The maximum Gasteiger partial charge on any atom is 0.304 e. The van der Waals surface area contributed by atoms with Gasteiger partial charge in [-0.15, -0.1) is 0 Å². The van der Waals surface area contributed by atoms with Gasteiger partial charge in [0.1, 0.15) is 0 Å². The van der Waals surface area contributed by atoms with Crippen molar-refractivity contribution in [2.45, 2.75) is 90.0 Å². The van der Waals surface area contributed by atoms with Crippen molar-refractivity contribution in [3.05, 3.63) is 0 Å². The monoisotopic (exact) mass is 283 g/mol. The van der Waals surface area contributed by atoms with Gasteiger partial charge in [-0.1, -0.05) is 58.3 Å². The maximum absolute atomic E-state index is 11.0. The van der Waals surface area contributed by atoms with Crippen LogP contribution in [0.25, 0.3) is 0 Å². The Hall–Kier alpha value is -0.570. The summed E-state index contributed by atoms with van der Waals surface area (Å²) in [7, 11) is 0. The van der Waals surface area contributed by atoms with E-state index >= 15 is 0 Å². The van der Waals surface area contributed by atoms with Gasteiger partial charge in [-0.2, -0.15) is 0 Å². The second-order valence-electron chi connectivity index (χ2n) is 6.26. The summed E-state index contributed by atoms with van der Waals surface area (Å²) in [5.41, 5.74) is 0. The summed E-state index contributed by atoms with van der Waals surface area (Å²) in [6.07, 6.45) is 14.4. The fraction of sp³-hybridized carbons (Fsp3) is 0.941. The molecule has 0 saturated carbocycles. The lowest BCUT2D eigenvalue weighted by Gasteiger charge is -2.34. The van der Waals surface area contributed by atoms with Crippen molar-refractivity contribution < 1.29 is 9.90 Å². The quantitative estimate of drug-likeness (QED) is 0.569. The summed E-state index contributed by atoms with van der Waals surface area (Å²) < 4.78 is 0. The molecule has 0 radical (unpaired) electrons. The van der Waals surface area contributed by atoms with Crippen molar-refractivity contribution in [2.75, 3.05) is 13.1 Å². The van der Waals surface area contributed by atoms with Crippen LogP contribution in [-0.2, 0) is 4.79 Å². The van der Waals surface area contributed by atoms with Gasteiger partial charge >= 0.3 is 5.97 Å². The smallest absolute Gasteiger partial charge is 0.304 e. The Bertz CT molecular complexity index is 249.